The third-order valence-electron chi connectivity index (χ3n) is 0.949. The van der Waals surface area contributed by atoms with Gasteiger partial charge in [-0.15, -0.1) is 5.10 Å². The van der Waals surface area contributed by atoms with Crippen LogP contribution in [-0.4, -0.2) is 15.1 Å². The van der Waals surface area contributed by atoms with Gasteiger partial charge in [0.25, 0.3) is 0 Å². The Bertz CT molecular complexity index is 203. The molecule has 0 bridgehead atoms. The second-order valence-electron chi connectivity index (χ2n) is 1.74. The molecule has 2 N–H and O–H groups in total. The summed E-state index contributed by atoms with van der Waals surface area (Å²) in [5, 5.41) is 5.31. The number of rotatable bonds is 0. The van der Waals surface area contributed by atoms with Crippen LogP contribution in [0.15, 0.2) is 48.0 Å². The molecule has 0 radical (unpaired) electrons. The molecule has 0 saturated carbocycles. The lowest BCUT2D eigenvalue weighted by Crippen LogP contribution is -1.51. The van der Waals surface area contributed by atoms with Gasteiger partial charge in [0.1, 0.15) is 0 Å². The maximum Gasteiger partial charge on any atom is 0.0620 e. The summed E-state index contributed by atoms with van der Waals surface area (Å²) in [4.78, 5) is 0. The highest BCUT2D eigenvalue weighted by Gasteiger charge is 1.61. The Hall–Kier alpha value is -1.26. The van der Waals surface area contributed by atoms with Gasteiger partial charge in [-0.3, -0.25) is 0 Å². The second kappa shape index (κ2) is 10.7. The van der Waals surface area contributed by atoms with E-state index in [0.717, 1.165) is 0 Å². The fraction of sp³-hybridized carbons (Fsp3) is 0.111. The smallest absolute Gasteiger partial charge is 0.0620 e. The highest BCUT2D eigenvalue weighted by atomic mass is 32.1. The minimum absolute atomic E-state index is 0. The van der Waals surface area contributed by atoms with E-state index in [1.54, 1.807) is 6.20 Å². The van der Waals surface area contributed by atoms with Gasteiger partial charge in [-0.05, 0) is 11.5 Å². The van der Waals surface area contributed by atoms with Gasteiger partial charge in [0.15, 0.2) is 0 Å². The summed E-state index contributed by atoms with van der Waals surface area (Å²) >= 11 is 1.35. The molecular weight excluding hydrogens is 184 g/mol. The molecule has 1 heterocycles. The van der Waals surface area contributed by atoms with Gasteiger partial charge < -0.3 is 5.48 Å². The Labute approximate surface area is 82.5 Å². The highest BCUT2D eigenvalue weighted by Crippen LogP contribution is 1.80. The van der Waals surface area contributed by atoms with E-state index in [2.05, 4.69) is 9.59 Å². The number of hydrogen-bond acceptors (Lipinski definition) is 3. The largest absolute Gasteiger partial charge is 0.412 e. The highest BCUT2D eigenvalue weighted by molar-refractivity contribution is 7.03. The van der Waals surface area contributed by atoms with Crippen LogP contribution in [0, 0.1) is 0 Å². The lowest BCUT2D eigenvalue weighted by Gasteiger charge is -1.69. The van der Waals surface area contributed by atoms with Gasteiger partial charge >= 0.3 is 0 Å². The predicted molar refractivity (Wildman–Crippen MR) is 56.7 cm³/mol. The minimum Gasteiger partial charge on any atom is -0.412 e. The van der Waals surface area contributed by atoms with Crippen LogP contribution in [0.4, 0.5) is 0 Å². The summed E-state index contributed by atoms with van der Waals surface area (Å²) in [6, 6.07) is 12.0. The first kappa shape index (κ1) is 14.3. The molecule has 0 atom stereocenters. The molecule has 1 aromatic carbocycles. The average Bonchev–Trinajstić information content (AvgIpc) is 2.64. The molecule has 2 aromatic rings. The molecule has 4 heteroatoms. The zero-order valence-corrected chi connectivity index (χ0v) is 7.24. The van der Waals surface area contributed by atoms with E-state index in [9.17, 15) is 0 Å². The molecule has 2 rings (SSSR count). The normalized spacial score (nSPS) is 6.77. The second-order valence-corrected chi connectivity index (χ2v) is 2.39. The van der Waals surface area contributed by atoms with Crippen molar-refractivity contribution >= 4 is 11.5 Å². The molecule has 13 heavy (non-hydrogen) atoms. The third-order valence-corrected chi connectivity index (χ3v) is 1.38. The van der Waals surface area contributed by atoms with Crippen molar-refractivity contribution in [3.05, 3.63) is 48.0 Å². The average molecular weight is 198 g/mol. The topological polar surface area (TPSA) is 57.3 Å². The fourth-order valence-corrected chi connectivity index (χ4v) is 0.793. The van der Waals surface area contributed by atoms with Crippen LogP contribution in [0.3, 0.4) is 0 Å². The van der Waals surface area contributed by atoms with E-state index >= 15 is 0 Å². The van der Waals surface area contributed by atoms with E-state index in [-0.39, 0.29) is 12.9 Å². The van der Waals surface area contributed by atoms with Crippen molar-refractivity contribution in [2.45, 2.75) is 7.43 Å². The summed E-state index contributed by atoms with van der Waals surface area (Å²) < 4.78 is 3.51. The molecule has 0 saturated heterocycles. The Morgan fingerprint density at radius 3 is 1.46 bits per heavy atom. The molecular formula is C9H14N2OS. The van der Waals surface area contributed by atoms with Crippen LogP contribution in [0.25, 0.3) is 0 Å². The predicted octanol–water partition coefficient (Wildman–Crippen LogP) is 2.04. The zero-order chi connectivity index (χ0) is 7.78. The number of nitrogens with zero attached hydrogens (tertiary/aromatic N) is 2. The molecule has 0 aliphatic rings. The van der Waals surface area contributed by atoms with Crippen molar-refractivity contribution in [1.82, 2.24) is 9.59 Å². The summed E-state index contributed by atoms with van der Waals surface area (Å²) in [5.41, 5.74) is 0. The first-order valence-corrected chi connectivity index (χ1v) is 4.05. The van der Waals surface area contributed by atoms with Crippen LogP contribution in [0.1, 0.15) is 7.43 Å². The minimum atomic E-state index is 0. The van der Waals surface area contributed by atoms with Gasteiger partial charge in [-0.25, -0.2) is 0 Å². The summed E-state index contributed by atoms with van der Waals surface area (Å²) in [5.74, 6) is 0. The molecule has 3 nitrogen and oxygen atoms in total. The van der Waals surface area contributed by atoms with Gasteiger partial charge in [-0.2, -0.15) is 0 Å². The quantitative estimate of drug-likeness (QED) is 0.650. The van der Waals surface area contributed by atoms with Crippen molar-refractivity contribution in [1.29, 1.82) is 0 Å². The number of aromatic nitrogens is 2. The molecule has 0 amide bonds. The van der Waals surface area contributed by atoms with Crippen molar-refractivity contribution in [3.63, 3.8) is 0 Å². The SMILES string of the molecule is C.O.c1ccccc1.c1csnn1. The zero-order valence-electron chi connectivity index (χ0n) is 6.42. The lowest BCUT2D eigenvalue weighted by atomic mass is 10.4. The summed E-state index contributed by atoms with van der Waals surface area (Å²) in [6.07, 6.45) is 1.66. The van der Waals surface area contributed by atoms with Crippen LogP contribution in [-0.2, 0) is 0 Å². The van der Waals surface area contributed by atoms with Crippen LogP contribution < -0.4 is 0 Å². The van der Waals surface area contributed by atoms with Crippen molar-refractivity contribution in [2.24, 2.45) is 0 Å². The molecule has 0 aliphatic carbocycles. The van der Waals surface area contributed by atoms with Gasteiger partial charge in [0.05, 0.1) is 6.20 Å². The van der Waals surface area contributed by atoms with E-state index in [1.807, 2.05) is 41.8 Å². The number of benzene rings is 1. The van der Waals surface area contributed by atoms with Crippen LogP contribution in [0.2, 0.25) is 0 Å². The molecule has 0 unspecified atom stereocenters. The Morgan fingerprint density at radius 2 is 1.31 bits per heavy atom. The van der Waals surface area contributed by atoms with Gasteiger partial charge in [0.2, 0.25) is 0 Å². The van der Waals surface area contributed by atoms with E-state index in [0.29, 0.717) is 0 Å². The van der Waals surface area contributed by atoms with Gasteiger partial charge in [0, 0.05) is 5.38 Å². The first-order chi connectivity index (χ1) is 5.50. The molecule has 0 aliphatic heterocycles. The van der Waals surface area contributed by atoms with Crippen LogP contribution in [0.5, 0.6) is 0 Å². The maximum atomic E-state index is 3.51. The Kier molecular flexibility index (Phi) is 11.8. The van der Waals surface area contributed by atoms with Crippen molar-refractivity contribution < 1.29 is 5.48 Å². The Morgan fingerprint density at radius 1 is 0.846 bits per heavy atom. The van der Waals surface area contributed by atoms with Crippen molar-refractivity contribution in [2.75, 3.05) is 0 Å². The molecule has 72 valence electrons. The first-order valence-electron chi connectivity index (χ1n) is 3.21. The third kappa shape index (κ3) is 8.65. The standard InChI is InChI=1S/C6H6.C2H2N2S.CH4.H2O/c1-2-4-6-5-3-1;1-2-5-4-3-1;;/h1-6H;1-2H;1H4;1H2. The van der Waals surface area contributed by atoms with E-state index in [1.165, 1.54) is 11.5 Å². The molecule has 0 fully saturated rings. The van der Waals surface area contributed by atoms with Crippen molar-refractivity contribution in [3.8, 4) is 0 Å². The molecule has 1 aromatic heterocycles. The number of hydrogen-bond donors (Lipinski definition) is 0. The van der Waals surface area contributed by atoms with E-state index < -0.39 is 0 Å². The molecule has 0 spiro atoms. The summed E-state index contributed by atoms with van der Waals surface area (Å²) in [7, 11) is 0. The Balaban J connectivity index is 0. The van der Waals surface area contributed by atoms with Gasteiger partial charge in [-0.1, -0.05) is 48.3 Å². The lowest BCUT2D eigenvalue weighted by molar-refractivity contribution is 0.824. The monoisotopic (exact) mass is 198 g/mol. The maximum absolute atomic E-state index is 3.51. The summed E-state index contributed by atoms with van der Waals surface area (Å²) in [6.45, 7) is 0. The van der Waals surface area contributed by atoms with Crippen LogP contribution >= 0.6 is 11.5 Å². The van der Waals surface area contributed by atoms with E-state index in [4.69, 9.17) is 0 Å². The fourth-order valence-electron chi connectivity index (χ4n) is 0.521.